The van der Waals surface area contributed by atoms with E-state index < -0.39 is 11.2 Å². The molecule has 0 bridgehead atoms. The van der Waals surface area contributed by atoms with Gasteiger partial charge in [0.15, 0.2) is 28.4 Å². The molecule has 0 saturated heterocycles. The molecule has 0 fully saturated rings. The summed E-state index contributed by atoms with van der Waals surface area (Å²) < 4.78 is 11.0. The second-order valence-electron chi connectivity index (χ2n) is 6.75. The lowest BCUT2D eigenvalue weighted by molar-refractivity contribution is 0.344. The van der Waals surface area contributed by atoms with Gasteiger partial charge in [-0.25, -0.2) is 0 Å². The van der Waals surface area contributed by atoms with Crippen LogP contribution < -0.4 is 10.2 Å². The van der Waals surface area contributed by atoms with E-state index in [1.165, 1.54) is 25.3 Å². The monoisotopic (exact) mass is 406 g/mol. The molecule has 0 radical (unpaired) electrons. The number of hydrogen-bond acceptors (Lipinski definition) is 7. The third-order valence-corrected chi connectivity index (χ3v) is 4.86. The van der Waals surface area contributed by atoms with Crippen molar-refractivity contribution in [2.45, 2.75) is 6.42 Å². The van der Waals surface area contributed by atoms with E-state index in [1.54, 1.807) is 0 Å². The fourth-order valence-corrected chi connectivity index (χ4v) is 3.38. The number of ether oxygens (including phenoxy) is 1. The molecule has 0 aliphatic carbocycles. The van der Waals surface area contributed by atoms with Crippen LogP contribution in [0.15, 0.2) is 63.8 Å². The summed E-state index contributed by atoms with van der Waals surface area (Å²) >= 11 is 0. The minimum atomic E-state index is -0.552. The van der Waals surface area contributed by atoms with Crippen molar-refractivity contribution in [3.63, 3.8) is 0 Å². The molecule has 0 unspecified atom stereocenters. The number of hydrogen-bond donors (Lipinski definition) is 4. The molecule has 0 saturated carbocycles. The highest BCUT2D eigenvalue weighted by Gasteiger charge is 2.24. The summed E-state index contributed by atoms with van der Waals surface area (Å²) in [4.78, 5) is 12.9. The largest absolute Gasteiger partial charge is 0.504 e. The van der Waals surface area contributed by atoms with Gasteiger partial charge < -0.3 is 29.6 Å². The van der Waals surface area contributed by atoms with Crippen molar-refractivity contribution in [2.75, 3.05) is 7.11 Å². The van der Waals surface area contributed by atoms with E-state index in [1.807, 2.05) is 30.3 Å². The van der Waals surface area contributed by atoms with Gasteiger partial charge in [0.1, 0.15) is 16.7 Å². The molecule has 4 aromatic rings. The Bertz CT molecular complexity index is 1310. The van der Waals surface area contributed by atoms with Gasteiger partial charge in [0.25, 0.3) is 0 Å². The molecule has 4 N–H and O–H groups in total. The van der Waals surface area contributed by atoms with Gasteiger partial charge in [0.05, 0.1) is 7.11 Å². The summed E-state index contributed by atoms with van der Waals surface area (Å²) in [5, 5.41) is 40.5. The standard InChI is InChI=1S/C23H18O7/c1-29-23-20(27)14(9-12-5-3-2-4-6-12)22-19(21(23)28)17(26)11-18(30-22)13-7-8-15(24)16(25)10-13/h2-8,10-11,24-25,27-28H,9H2,1H3. The second kappa shape index (κ2) is 7.36. The molecule has 1 heterocycles. The summed E-state index contributed by atoms with van der Waals surface area (Å²) in [6.45, 7) is 0. The predicted octanol–water partition coefficient (Wildman–Crippen LogP) is 3.88. The molecule has 152 valence electrons. The summed E-state index contributed by atoms with van der Waals surface area (Å²) in [5.74, 6) is -1.65. The first-order valence-electron chi connectivity index (χ1n) is 9.05. The number of fused-ring (bicyclic) bond motifs is 1. The third kappa shape index (κ3) is 3.16. The fourth-order valence-electron chi connectivity index (χ4n) is 3.38. The Morgan fingerprint density at radius 1 is 0.900 bits per heavy atom. The fraction of sp³-hybridized carbons (Fsp3) is 0.0870. The first kappa shape index (κ1) is 19.2. The summed E-state index contributed by atoms with van der Waals surface area (Å²) in [6.07, 6.45) is 0.215. The maximum Gasteiger partial charge on any atom is 0.204 e. The Kier molecular flexibility index (Phi) is 4.71. The van der Waals surface area contributed by atoms with E-state index in [9.17, 15) is 25.2 Å². The number of aromatic hydroxyl groups is 4. The highest BCUT2D eigenvalue weighted by atomic mass is 16.5. The van der Waals surface area contributed by atoms with Crippen LogP contribution in [0.1, 0.15) is 11.1 Å². The zero-order valence-electron chi connectivity index (χ0n) is 15.9. The predicted molar refractivity (Wildman–Crippen MR) is 110 cm³/mol. The Balaban J connectivity index is 2.03. The van der Waals surface area contributed by atoms with Crippen molar-refractivity contribution >= 4 is 11.0 Å². The molecule has 1 aromatic heterocycles. The number of rotatable bonds is 4. The van der Waals surface area contributed by atoms with Gasteiger partial charge >= 0.3 is 0 Å². The number of phenolic OH excluding ortho intramolecular Hbond substituents is 4. The second-order valence-corrected chi connectivity index (χ2v) is 6.75. The molecule has 0 amide bonds. The van der Waals surface area contributed by atoms with Crippen molar-refractivity contribution in [2.24, 2.45) is 0 Å². The molecule has 0 spiro atoms. The van der Waals surface area contributed by atoms with Crippen molar-refractivity contribution < 1.29 is 29.6 Å². The van der Waals surface area contributed by atoms with Crippen LogP contribution in [0.4, 0.5) is 0 Å². The van der Waals surface area contributed by atoms with E-state index in [-0.39, 0.29) is 51.7 Å². The Hall–Kier alpha value is -4.13. The van der Waals surface area contributed by atoms with Gasteiger partial charge in [0.2, 0.25) is 5.75 Å². The van der Waals surface area contributed by atoms with Crippen LogP contribution in [0, 0.1) is 0 Å². The Morgan fingerprint density at radius 2 is 1.63 bits per heavy atom. The SMILES string of the molecule is COc1c(O)c(Cc2ccccc2)c2oc(-c3ccc(O)c(O)c3)cc(=O)c2c1O. The van der Waals surface area contributed by atoms with Crippen molar-refractivity contribution in [3.8, 4) is 40.1 Å². The van der Waals surface area contributed by atoms with Gasteiger partial charge in [-0.05, 0) is 23.8 Å². The lowest BCUT2D eigenvalue weighted by Gasteiger charge is -2.15. The van der Waals surface area contributed by atoms with Gasteiger partial charge in [-0.3, -0.25) is 4.79 Å². The summed E-state index contributed by atoms with van der Waals surface area (Å²) in [6, 6.07) is 14.4. The molecule has 7 nitrogen and oxygen atoms in total. The minimum Gasteiger partial charge on any atom is -0.504 e. The Morgan fingerprint density at radius 3 is 2.30 bits per heavy atom. The lowest BCUT2D eigenvalue weighted by Crippen LogP contribution is -2.05. The Labute approximate surface area is 170 Å². The quantitative estimate of drug-likeness (QED) is 0.380. The molecule has 7 heteroatoms. The van der Waals surface area contributed by atoms with Crippen LogP contribution in [-0.2, 0) is 6.42 Å². The molecule has 0 aliphatic rings. The average Bonchev–Trinajstić information content (AvgIpc) is 2.73. The van der Waals surface area contributed by atoms with E-state index in [2.05, 4.69) is 0 Å². The van der Waals surface area contributed by atoms with E-state index >= 15 is 0 Å². The summed E-state index contributed by atoms with van der Waals surface area (Å²) in [5.41, 5.74) is 0.906. The van der Waals surface area contributed by atoms with Crippen LogP contribution in [0.2, 0.25) is 0 Å². The zero-order chi connectivity index (χ0) is 21.4. The van der Waals surface area contributed by atoms with Gasteiger partial charge in [-0.2, -0.15) is 0 Å². The van der Waals surface area contributed by atoms with Crippen molar-refractivity contribution in [1.82, 2.24) is 0 Å². The van der Waals surface area contributed by atoms with Crippen LogP contribution in [0.3, 0.4) is 0 Å². The van der Waals surface area contributed by atoms with Gasteiger partial charge in [0, 0.05) is 23.6 Å². The summed E-state index contributed by atoms with van der Waals surface area (Å²) in [7, 11) is 1.28. The normalized spacial score (nSPS) is 11.0. The molecule has 0 atom stereocenters. The molecule has 0 aliphatic heterocycles. The zero-order valence-corrected chi connectivity index (χ0v) is 15.9. The highest BCUT2D eigenvalue weighted by Crippen LogP contribution is 2.46. The van der Waals surface area contributed by atoms with Crippen molar-refractivity contribution in [3.05, 3.63) is 75.9 Å². The maximum atomic E-state index is 12.9. The van der Waals surface area contributed by atoms with Crippen LogP contribution >= 0.6 is 0 Å². The third-order valence-electron chi connectivity index (χ3n) is 4.86. The van der Waals surface area contributed by atoms with Crippen LogP contribution in [0.5, 0.6) is 28.7 Å². The minimum absolute atomic E-state index is 0.00437. The molecule has 30 heavy (non-hydrogen) atoms. The molecule has 3 aromatic carbocycles. The van der Waals surface area contributed by atoms with Gasteiger partial charge in [-0.15, -0.1) is 0 Å². The van der Waals surface area contributed by atoms with Crippen molar-refractivity contribution in [1.29, 1.82) is 0 Å². The van der Waals surface area contributed by atoms with Gasteiger partial charge in [-0.1, -0.05) is 30.3 Å². The maximum absolute atomic E-state index is 12.9. The van der Waals surface area contributed by atoms with Crippen LogP contribution in [-0.4, -0.2) is 27.5 Å². The lowest BCUT2D eigenvalue weighted by atomic mass is 9.99. The first-order valence-corrected chi connectivity index (χ1v) is 9.05. The smallest absolute Gasteiger partial charge is 0.204 e. The first-order chi connectivity index (χ1) is 14.4. The molecular formula is C23H18O7. The number of methoxy groups -OCH3 is 1. The number of phenols is 4. The highest BCUT2D eigenvalue weighted by molar-refractivity contribution is 5.93. The average molecular weight is 406 g/mol. The van der Waals surface area contributed by atoms with E-state index in [4.69, 9.17) is 9.15 Å². The number of benzene rings is 3. The van der Waals surface area contributed by atoms with E-state index in [0.29, 0.717) is 5.56 Å². The van der Waals surface area contributed by atoms with E-state index in [0.717, 1.165) is 11.6 Å². The topological polar surface area (TPSA) is 120 Å². The van der Waals surface area contributed by atoms with Crippen LogP contribution in [0.25, 0.3) is 22.3 Å². The molecule has 4 rings (SSSR count). The molecular weight excluding hydrogens is 388 g/mol.